The van der Waals surface area contributed by atoms with Crippen LogP contribution in [0, 0.1) is 12.3 Å². The number of benzene rings is 1. The highest BCUT2D eigenvalue weighted by Crippen LogP contribution is 2.31. The van der Waals surface area contributed by atoms with E-state index < -0.39 is 17.6 Å². The SMILES string of the molecule is C#CCNC(=O)Cn1nnc(-c2cccc(C(F)(F)F)c2)n1. The highest BCUT2D eigenvalue weighted by Gasteiger charge is 2.30. The Morgan fingerprint density at radius 3 is 2.86 bits per heavy atom. The van der Waals surface area contributed by atoms with Gasteiger partial charge in [-0.2, -0.15) is 18.0 Å². The van der Waals surface area contributed by atoms with Crippen molar-refractivity contribution < 1.29 is 18.0 Å². The second-order valence-corrected chi connectivity index (χ2v) is 4.20. The fourth-order valence-electron chi connectivity index (χ4n) is 1.59. The Morgan fingerprint density at radius 1 is 1.41 bits per heavy atom. The first-order valence-electron chi connectivity index (χ1n) is 6.06. The van der Waals surface area contributed by atoms with Crippen LogP contribution < -0.4 is 5.32 Å². The molecule has 114 valence electrons. The number of hydrogen-bond acceptors (Lipinski definition) is 4. The molecular formula is C13H10F3N5O. The summed E-state index contributed by atoms with van der Waals surface area (Å²) in [5, 5.41) is 13.5. The molecule has 0 saturated heterocycles. The monoisotopic (exact) mass is 309 g/mol. The van der Waals surface area contributed by atoms with Crippen molar-refractivity contribution in [1.29, 1.82) is 0 Å². The number of tetrazole rings is 1. The summed E-state index contributed by atoms with van der Waals surface area (Å²) >= 11 is 0. The third kappa shape index (κ3) is 3.82. The van der Waals surface area contributed by atoms with Gasteiger partial charge in [0.05, 0.1) is 12.1 Å². The highest BCUT2D eigenvalue weighted by molar-refractivity contribution is 5.75. The molecule has 1 heterocycles. The molecule has 0 atom stereocenters. The molecule has 6 nitrogen and oxygen atoms in total. The second kappa shape index (κ2) is 6.26. The number of alkyl halides is 3. The van der Waals surface area contributed by atoms with E-state index in [9.17, 15) is 18.0 Å². The number of amides is 1. The number of rotatable bonds is 4. The lowest BCUT2D eigenvalue weighted by atomic mass is 10.1. The summed E-state index contributed by atoms with van der Waals surface area (Å²) < 4.78 is 37.9. The van der Waals surface area contributed by atoms with Crippen LogP contribution in [0.25, 0.3) is 11.4 Å². The van der Waals surface area contributed by atoms with Gasteiger partial charge in [-0.25, -0.2) is 0 Å². The van der Waals surface area contributed by atoms with Gasteiger partial charge in [0.25, 0.3) is 0 Å². The standard InChI is InChI=1S/C13H10F3N5O/c1-2-6-17-11(22)8-21-19-12(18-20-21)9-4-3-5-10(7-9)13(14,15)16/h1,3-5,7H,6,8H2,(H,17,22). The molecule has 2 aromatic rings. The summed E-state index contributed by atoms with van der Waals surface area (Å²) in [5.41, 5.74) is -0.654. The topological polar surface area (TPSA) is 72.7 Å². The van der Waals surface area contributed by atoms with Gasteiger partial charge in [0.1, 0.15) is 6.54 Å². The van der Waals surface area contributed by atoms with E-state index in [4.69, 9.17) is 6.42 Å². The number of nitrogens with zero attached hydrogens (tertiary/aromatic N) is 4. The van der Waals surface area contributed by atoms with Crippen LogP contribution >= 0.6 is 0 Å². The van der Waals surface area contributed by atoms with Crippen molar-refractivity contribution in [3.8, 4) is 23.7 Å². The lowest BCUT2D eigenvalue weighted by Crippen LogP contribution is -2.28. The molecule has 0 aliphatic rings. The Balaban J connectivity index is 2.15. The van der Waals surface area contributed by atoms with Crippen molar-refractivity contribution in [2.45, 2.75) is 12.7 Å². The van der Waals surface area contributed by atoms with E-state index in [-0.39, 0.29) is 24.5 Å². The number of aromatic nitrogens is 4. The lowest BCUT2D eigenvalue weighted by Gasteiger charge is -2.06. The number of halogens is 3. The molecule has 0 fully saturated rings. The smallest absolute Gasteiger partial charge is 0.344 e. The average Bonchev–Trinajstić information content (AvgIpc) is 2.93. The van der Waals surface area contributed by atoms with Crippen LogP contribution in [0.15, 0.2) is 24.3 Å². The van der Waals surface area contributed by atoms with Gasteiger partial charge in [0, 0.05) is 5.56 Å². The van der Waals surface area contributed by atoms with Gasteiger partial charge in [0.2, 0.25) is 11.7 Å². The van der Waals surface area contributed by atoms with E-state index in [1.807, 2.05) is 0 Å². The number of nitrogens with one attached hydrogen (secondary N) is 1. The van der Waals surface area contributed by atoms with Gasteiger partial charge in [-0.15, -0.1) is 16.6 Å². The number of terminal acetylenes is 1. The van der Waals surface area contributed by atoms with E-state index in [1.165, 1.54) is 12.1 Å². The minimum Gasteiger partial charge on any atom is -0.344 e. The Hall–Kier alpha value is -2.89. The van der Waals surface area contributed by atoms with Crippen molar-refractivity contribution in [2.24, 2.45) is 0 Å². The molecule has 0 saturated carbocycles. The number of carbonyl (C=O) groups is 1. The van der Waals surface area contributed by atoms with Crippen LogP contribution in [0.3, 0.4) is 0 Å². The zero-order valence-electron chi connectivity index (χ0n) is 11.1. The quantitative estimate of drug-likeness (QED) is 0.859. The zero-order chi connectivity index (χ0) is 16.2. The minimum absolute atomic E-state index is 0.00384. The first-order valence-corrected chi connectivity index (χ1v) is 6.06. The third-order valence-electron chi connectivity index (χ3n) is 2.57. The van der Waals surface area contributed by atoms with Crippen molar-refractivity contribution in [3.63, 3.8) is 0 Å². The van der Waals surface area contributed by atoms with E-state index >= 15 is 0 Å². The molecule has 1 N–H and O–H groups in total. The zero-order valence-corrected chi connectivity index (χ0v) is 11.1. The number of hydrogen-bond donors (Lipinski definition) is 1. The van der Waals surface area contributed by atoms with Crippen molar-refractivity contribution in [3.05, 3.63) is 29.8 Å². The Labute approximate surface area is 123 Å². The Kier molecular flexibility index (Phi) is 4.41. The molecule has 1 aromatic heterocycles. The number of carbonyl (C=O) groups excluding carboxylic acids is 1. The highest BCUT2D eigenvalue weighted by atomic mass is 19.4. The maximum Gasteiger partial charge on any atom is 0.416 e. The van der Waals surface area contributed by atoms with Gasteiger partial charge >= 0.3 is 6.18 Å². The molecule has 9 heteroatoms. The summed E-state index contributed by atoms with van der Waals surface area (Å²) in [5.74, 6) is 1.80. The van der Waals surface area contributed by atoms with Gasteiger partial charge in [-0.05, 0) is 17.3 Å². The molecule has 0 unspecified atom stereocenters. The Morgan fingerprint density at radius 2 is 2.18 bits per heavy atom. The maximum absolute atomic E-state index is 12.6. The molecule has 0 radical (unpaired) electrons. The lowest BCUT2D eigenvalue weighted by molar-refractivity contribution is -0.137. The molecule has 1 amide bonds. The van der Waals surface area contributed by atoms with Crippen molar-refractivity contribution >= 4 is 5.91 Å². The van der Waals surface area contributed by atoms with Gasteiger partial charge < -0.3 is 5.32 Å². The second-order valence-electron chi connectivity index (χ2n) is 4.20. The molecule has 0 aliphatic carbocycles. The minimum atomic E-state index is -4.46. The van der Waals surface area contributed by atoms with Crippen LogP contribution in [0.4, 0.5) is 13.2 Å². The van der Waals surface area contributed by atoms with E-state index in [0.29, 0.717) is 0 Å². The maximum atomic E-state index is 12.6. The molecule has 1 aromatic carbocycles. The normalized spacial score (nSPS) is 11.0. The molecule has 0 aliphatic heterocycles. The molecule has 22 heavy (non-hydrogen) atoms. The van der Waals surface area contributed by atoms with Gasteiger partial charge in [-0.3, -0.25) is 4.79 Å². The summed E-state index contributed by atoms with van der Waals surface area (Å²) in [6.45, 7) is -0.165. The fourth-order valence-corrected chi connectivity index (χ4v) is 1.59. The fraction of sp³-hybridized carbons (Fsp3) is 0.231. The van der Waals surface area contributed by atoms with E-state index in [1.54, 1.807) is 0 Å². The summed E-state index contributed by atoms with van der Waals surface area (Å²) in [4.78, 5) is 12.4. The summed E-state index contributed by atoms with van der Waals surface area (Å²) in [6.07, 6.45) is 0.535. The van der Waals surface area contributed by atoms with Crippen LogP contribution in [-0.4, -0.2) is 32.7 Å². The third-order valence-corrected chi connectivity index (χ3v) is 2.57. The van der Waals surface area contributed by atoms with Crippen LogP contribution in [-0.2, 0) is 17.5 Å². The van der Waals surface area contributed by atoms with Crippen LogP contribution in [0.2, 0.25) is 0 Å². The van der Waals surface area contributed by atoms with Gasteiger partial charge in [0.15, 0.2) is 0 Å². The van der Waals surface area contributed by atoms with Crippen molar-refractivity contribution in [2.75, 3.05) is 6.54 Å². The largest absolute Gasteiger partial charge is 0.416 e. The summed E-state index contributed by atoms with van der Waals surface area (Å²) in [7, 11) is 0. The molecule has 2 rings (SSSR count). The van der Waals surface area contributed by atoms with Crippen LogP contribution in [0.5, 0.6) is 0 Å². The van der Waals surface area contributed by atoms with E-state index in [0.717, 1.165) is 16.9 Å². The summed E-state index contributed by atoms with van der Waals surface area (Å²) in [6, 6.07) is 4.54. The molecular weight excluding hydrogens is 299 g/mol. The molecule has 0 spiro atoms. The van der Waals surface area contributed by atoms with Crippen molar-refractivity contribution in [1.82, 2.24) is 25.5 Å². The first-order chi connectivity index (χ1) is 10.4. The average molecular weight is 309 g/mol. The van der Waals surface area contributed by atoms with E-state index in [2.05, 4.69) is 26.6 Å². The molecule has 0 bridgehead atoms. The first kappa shape index (κ1) is 15.5. The Bertz CT molecular complexity index is 717. The predicted octanol–water partition coefficient (Wildman–Crippen LogP) is 1.11. The van der Waals surface area contributed by atoms with Crippen LogP contribution in [0.1, 0.15) is 5.56 Å². The predicted molar refractivity (Wildman–Crippen MR) is 70.1 cm³/mol. The van der Waals surface area contributed by atoms with Gasteiger partial charge in [-0.1, -0.05) is 18.1 Å².